The van der Waals surface area contributed by atoms with Crippen molar-refractivity contribution in [1.29, 1.82) is 0 Å². The van der Waals surface area contributed by atoms with Crippen LogP contribution in [0.3, 0.4) is 0 Å². The van der Waals surface area contributed by atoms with Crippen LogP contribution in [0.25, 0.3) is 22.1 Å². The molecule has 1 heterocycles. The first-order valence-corrected chi connectivity index (χ1v) is 19.0. The maximum Gasteiger partial charge on any atom is 0.161 e. The molecule has 4 heteroatoms. The molecule has 1 aliphatic carbocycles. The molecule has 3 aromatic rings. The topological polar surface area (TPSA) is 43.6 Å². The van der Waals surface area contributed by atoms with Crippen LogP contribution in [0.5, 0.6) is 11.5 Å². The maximum atomic E-state index is 6.38. The summed E-state index contributed by atoms with van der Waals surface area (Å²) in [4.78, 5) is 0. The second-order valence-corrected chi connectivity index (χ2v) is 13.8. The highest BCUT2D eigenvalue weighted by molar-refractivity contribution is 5.89. The summed E-state index contributed by atoms with van der Waals surface area (Å²) in [6.45, 7) is 7.53. The monoisotopic (exact) mass is 641 g/mol. The predicted octanol–water partition coefficient (Wildman–Crippen LogP) is 12.5. The summed E-state index contributed by atoms with van der Waals surface area (Å²) in [5.41, 5.74) is 7.44. The molecule has 0 saturated heterocycles. The Hall–Kier alpha value is -2.98. The van der Waals surface area contributed by atoms with Gasteiger partial charge in [0.15, 0.2) is 11.5 Å². The van der Waals surface area contributed by atoms with Gasteiger partial charge < -0.3 is 19.2 Å². The molecule has 1 aromatic heterocycles. The van der Waals surface area contributed by atoms with Gasteiger partial charge in [-0.1, -0.05) is 103 Å². The van der Waals surface area contributed by atoms with Crippen molar-refractivity contribution in [3.63, 3.8) is 0 Å². The van der Waals surface area contributed by atoms with Crippen molar-refractivity contribution in [2.45, 2.75) is 136 Å². The second kappa shape index (κ2) is 20.4. The number of unbranched alkanes of at least 4 members (excludes halogenated alkanes) is 9. The van der Waals surface area contributed by atoms with Crippen LogP contribution >= 0.6 is 0 Å². The van der Waals surface area contributed by atoms with E-state index in [1.807, 2.05) is 0 Å². The summed E-state index contributed by atoms with van der Waals surface area (Å²) < 4.78 is 18.1. The van der Waals surface area contributed by atoms with Crippen LogP contribution < -0.4 is 14.8 Å². The highest BCUT2D eigenvalue weighted by atomic mass is 16.5. The van der Waals surface area contributed by atoms with Crippen LogP contribution in [0.15, 0.2) is 59.2 Å². The summed E-state index contributed by atoms with van der Waals surface area (Å²) >= 11 is 0. The van der Waals surface area contributed by atoms with Crippen molar-refractivity contribution < 1.29 is 13.9 Å². The Morgan fingerprint density at radius 1 is 0.851 bits per heavy atom. The summed E-state index contributed by atoms with van der Waals surface area (Å²) in [7, 11) is 3.90. The number of benzene rings is 2. The van der Waals surface area contributed by atoms with Gasteiger partial charge in [0, 0.05) is 11.4 Å². The van der Waals surface area contributed by atoms with Crippen molar-refractivity contribution >= 4 is 22.1 Å². The largest absolute Gasteiger partial charge is 0.493 e. The molecule has 47 heavy (non-hydrogen) atoms. The molecule has 4 nitrogen and oxygen atoms in total. The summed E-state index contributed by atoms with van der Waals surface area (Å²) in [5.74, 6) is 2.18. The van der Waals surface area contributed by atoms with E-state index in [4.69, 9.17) is 13.9 Å². The van der Waals surface area contributed by atoms with E-state index in [-0.39, 0.29) is 0 Å². The van der Waals surface area contributed by atoms with E-state index in [9.17, 15) is 0 Å². The van der Waals surface area contributed by atoms with Gasteiger partial charge in [-0.3, -0.25) is 0 Å². The first-order valence-electron chi connectivity index (χ1n) is 19.0. The number of furan rings is 1. The summed E-state index contributed by atoms with van der Waals surface area (Å²) in [6.07, 6.45) is 28.1. The molecule has 1 saturated carbocycles. The van der Waals surface area contributed by atoms with Crippen LogP contribution in [0, 0.1) is 12.8 Å². The van der Waals surface area contributed by atoms with Crippen molar-refractivity contribution in [2.75, 3.05) is 20.8 Å². The molecule has 0 bridgehead atoms. The number of rotatable bonds is 19. The molecule has 2 aromatic carbocycles. The third-order valence-corrected chi connectivity index (χ3v) is 10.1. The SMILES string of the molecule is CCC/C=C(/C=C(\c1cc(OC)c(OCCCCCCCCCCC)cc1C)C1CCCCC(NC)CC1)c1ccc2occc2c1. The van der Waals surface area contributed by atoms with Gasteiger partial charge in [-0.05, 0) is 117 Å². The molecule has 1 fully saturated rings. The van der Waals surface area contributed by atoms with Crippen LogP contribution in [-0.4, -0.2) is 26.8 Å². The Kier molecular flexibility index (Phi) is 16.0. The third-order valence-electron chi connectivity index (χ3n) is 10.1. The van der Waals surface area contributed by atoms with Gasteiger partial charge in [0.25, 0.3) is 0 Å². The van der Waals surface area contributed by atoms with Crippen molar-refractivity contribution in [2.24, 2.45) is 5.92 Å². The molecule has 0 aliphatic heterocycles. The fourth-order valence-electron chi connectivity index (χ4n) is 7.20. The Labute approximate surface area is 286 Å². The van der Waals surface area contributed by atoms with Crippen LogP contribution in [0.1, 0.15) is 140 Å². The number of hydrogen-bond donors (Lipinski definition) is 1. The van der Waals surface area contributed by atoms with E-state index >= 15 is 0 Å². The van der Waals surface area contributed by atoms with Gasteiger partial charge in [-0.25, -0.2) is 0 Å². The normalized spacial score (nSPS) is 17.9. The van der Waals surface area contributed by atoms with Crippen molar-refractivity contribution in [1.82, 2.24) is 5.32 Å². The Bertz CT molecular complexity index is 1400. The minimum absolute atomic E-state index is 0.478. The molecule has 2 atom stereocenters. The van der Waals surface area contributed by atoms with Gasteiger partial charge in [-0.15, -0.1) is 0 Å². The van der Waals surface area contributed by atoms with Crippen molar-refractivity contribution in [3.05, 3.63) is 71.5 Å². The van der Waals surface area contributed by atoms with Gasteiger partial charge in [0.05, 0.1) is 20.0 Å². The standard InChI is InChI=1S/C43H63NO3/c1-6-8-10-11-12-13-14-15-18-27-46-43-29-33(3)39(32-42(43)45-5)40(34-20-16-17-21-38(44-4)24-22-34)31-35(19-9-7-2)36-23-25-41-37(30-36)26-28-47-41/h19,23,25-26,28-32,34,38,44H,6-18,20-22,24,27H2,1-5H3/b35-19-,40-31-. The molecule has 0 spiro atoms. The quantitative estimate of drug-likeness (QED) is 0.104. The van der Waals surface area contributed by atoms with E-state index < -0.39 is 0 Å². The molecular weight excluding hydrogens is 578 g/mol. The molecule has 2 unspecified atom stereocenters. The molecule has 1 aliphatic rings. The number of allylic oxidation sites excluding steroid dienone is 4. The van der Waals surface area contributed by atoms with Gasteiger partial charge >= 0.3 is 0 Å². The fraction of sp³-hybridized carbons (Fsp3) is 0.581. The average molecular weight is 642 g/mol. The lowest BCUT2D eigenvalue weighted by Gasteiger charge is -2.28. The number of fused-ring (bicyclic) bond motifs is 1. The number of aryl methyl sites for hydroxylation is 1. The zero-order chi connectivity index (χ0) is 33.3. The molecule has 0 amide bonds. The Morgan fingerprint density at radius 3 is 2.36 bits per heavy atom. The van der Waals surface area contributed by atoms with E-state index in [0.717, 1.165) is 48.3 Å². The van der Waals surface area contributed by atoms with Crippen molar-refractivity contribution in [3.8, 4) is 11.5 Å². The summed E-state index contributed by atoms with van der Waals surface area (Å²) in [6, 6.07) is 13.7. The van der Waals surface area contributed by atoms with Crippen LogP contribution in [0.2, 0.25) is 0 Å². The predicted molar refractivity (Wildman–Crippen MR) is 202 cm³/mol. The lowest BCUT2D eigenvalue weighted by molar-refractivity contribution is 0.284. The van der Waals surface area contributed by atoms with Crippen LogP contribution in [0.4, 0.5) is 0 Å². The van der Waals surface area contributed by atoms with E-state index in [2.05, 4.69) is 81.7 Å². The number of nitrogens with one attached hydrogen (secondary N) is 1. The smallest absolute Gasteiger partial charge is 0.161 e. The Morgan fingerprint density at radius 2 is 1.62 bits per heavy atom. The van der Waals surface area contributed by atoms with E-state index in [0.29, 0.717) is 12.0 Å². The van der Waals surface area contributed by atoms with E-state index in [1.54, 1.807) is 13.4 Å². The van der Waals surface area contributed by atoms with E-state index in [1.165, 1.54) is 118 Å². The highest BCUT2D eigenvalue weighted by Gasteiger charge is 2.24. The zero-order valence-electron chi connectivity index (χ0n) is 30.3. The molecule has 4 rings (SSSR count). The number of methoxy groups -OCH3 is 1. The number of ether oxygens (including phenoxy) is 2. The van der Waals surface area contributed by atoms with Gasteiger partial charge in [-0.2, -0.15) is 0 Å². The zero-order valence-corrected chi connectivity index (χ0v) is 30.3. The molecule has 0 radical (unpaired) electrons. The maximum absolute atomic E-state index is 6.38. The molecule has 1 N–H and O–H groups in total. The Balaban J connectivity index is 1.60. The minimum atomic E-state index is 0.478. The minimum Gasteiger partial charge on any atom is -0.493 e. The lowest BCUT2D eigenvalue weighted by atomic mass is 9.79. The van der Waals surface area contributed by atoms with Crippen LogP contribution in [-0.2, 0) is 0 Å². The third kappa shape index (κ3) is 11.3. The van der Waals surface area contributed by atoms with Gasteiger partial charge in [0.1, 0.15) is 5.58 Å². The summed E-state index contributed by atoms with van der Waals surface area (Å²) in [5, 5.41) is 4.73. The highest BCUT2D eigenvalue weighted by Crippen LogP contribution is 2.41. The number of hydrogen-bond acceptors (Lipinski definition) is 4. The molecule has 258 valence electrons. The first kappa shape index (κ1) is 36.8. The second-order valence-electron chi connectivity index (χ2n) is 13.8. The first-order chi connectivity index (χ1) is 23.1. The fourth-order valence-corrected chi connectivity index (χ4v) is 7.20. The lowest BCUT2D eigenvalue weighted by Crippen LogP contribution is -2.27. The molecular formula is C43H63NO3. The van der Waals surface area contributed by atoms with Gasteiger partial charge in [0.2, 0.25) is 0 Å². The average Bonchev–Trinajstić information content (AvgIpc) is 3.55.